The second kappa shape index (κ2) is 9.79. The predicted octanol–water partition coefficient (Wildman–Crippen LogP) is 5.91. The van der Waals surface area contributed by atoms with E-state index in [0.717, 1.165) is 28.6 Å². The number of likely N-dealkylation sites (N-methyl/N-ethyl adjacent to an activating group) is 1. The fourth-order valence-electron chi connectivity index (χ4n) is 2.97. The maximum Gasteiger partial charge on any atom is 0.266 e. The fraction of sp³-hybridized carbons (Fsp3) is 0.333. The highest BCUT2D eigenvalue weighted by atomic mass is 32.2. The third-order valence-corrected chi connectivity index (χ3v) is 5.56. The number of rotatable bonds is 7. The topological polar surface area (TPSA) is 41.9 Å². The van der Waals surface area contributed by atoms with Crippen LogP contribution < -0.4 is 4.74 Å². The van der Waals surface area contributed by atoms with Gasteiger partial charge in [-0.25, -0.2) is 4.99 Å². The van der Waals surface area contributed by atoms with Crippen LogP contribution >= 0.6 is 11.8 Å². The molecule has 0 unspecified atom stereocenters. The monoisotopic (exact) mass is 408 g/mol. The summed E-state index contributed by atoms with van der Waals surface area (Å²) < 4.78 is 5.73. The first-order valence-corrected chi connectivity index (χ1v) is 10.9. The average molecular weight is 409 g/mol. The van der Waals surface area contributed by atoms with E-state index < -0.39 is 0 Å². The summed E-state index contributed by atoms with van der Waals surface area (Å²) in [4.78, 5) is 20.1. The van der Waals surface area contributed by atoms with E-state index >= 15 is 0 Å². The maximum absolute atomic E-state index is 12.9. The lowest BCUT2D eigenvalue weighted by Crippen LogP contribution is -2.28. The van der Waals surface area contributed by atoms with Gasteiger partial charge in [0.15, 0.2) is 5.17 Å². The third-order valence-electron chi connectivity index (χ3n) is 4.55. The van der Waals surface area contributed by atoms with Crippen molar-refractivity contribution in [3.05, 3.63) is 64.6 Å². The zero-order chi connectivity index (χ0) is 20.8. The van der Waals surface area contributed by atoms with Gasteiger partial charge in [-0.2, -0.15) is 0 Å². The summed E-state index contributed by atoms with van der Waals surface area (Å²) in [5.74, 6) is 1.34. The van der Waals surface area contributed by atoms with Crippen molar-refractivity contribution >= 4 is 34.6 Å². The van der Waals surface area contributed by atoms with Crippen molar-refractivity contribution in [3.63, 3.8) is 0 Å². The zero-order valence-electron chi connectivity index (χ0n) is 17.5. The summed E-state index contributed by atoms with van der Waals surface area (Å²) in [5, 5.41) is 0.738. The molecule has 1 saturated heterocycles. The molecular formula is C24H28N2O2S. The molecule has 0 N–H and O–H groups in total. The van der Waals surface area contributed by atoms with Crippen LogP contribution in [0.4, 0.5) is 5.69 Å². The molecule has 1 amide bonds. The Morgan fingerprint density at radius 2 is 1.83 bits per heavy atom. The van der Waals surface area contributed by atoms with E-state index in [1.165, 1.54) is 17.3 Å². The lowest BCUT2D eigenvalue weighted by Gasteiger charge is -2.12. The van der Waals surface area contributed by atoms with Gasteiger partial charge in [0.1, 0.15) is 5.75 Å². The molecule has 0 atom stereocenters. The first-order chi connectivity index (χ1) is 14.0. The van der Waals surface area contributed by atoms with E-state index in [9.17, 15) is 4.79 Å². The van der Waals surface area contributed by atoms with Crippen LogP contribution in [-0.2, 0) is 11.2 Å². The van der Waals surface area contributed by atoms with Gasteiger partial charge < -0.3 is 4.74 Å². The highest BCUT2D eigenvalue weighted by molar-refractivity contribution is 8.18. The molecule has 4 nitrogen and oxygen atoms in total. The summed E-state index contributed by atoms with van der Waals surface area (Å²) in [7, 11) is 0. The molecule has 152 valence electrons. The van der Waals surface area contributed by atoms with Crippen molar-refractivity contribution < 1.29 is 9.53 Å². The molecule has 1 heterocycles. The lowest BCUT2D eigenvalue weighted by molar-refractivity contribution is -0.122. The van der Waals surface area contributed by atoms with Crippen molar-refractivity contribution in [2.24, 2.45) is 10.9 Å². The molecule has 3 rings (SSSR count). The number of benzene rings is 2. The highest BCUT2D eigenvalue weighted by Crippen LogP contribution is 2.34. The van der Waals surface area contributed by atoms with Crippen molar-refractivity contribution in [3.8, 4) is 5.75 Å². The predicted molar refractivity (Wildman–Crippen MR) is 123 cm³/mol. The van der Waals surface area contributed by atoms with E-state index in [-0.39, 0.29) is 5.91 Å². The van der Waals surface area contributed by atoms with Crippen LogP contribution in [0, 0.1) is 5.92 Å². The number of amides is 1. The minimum Gasteiger partial charge on any atom is -0.493 e. The molecule has 0 spiro atoms. The van der Waals surface area contributed by atoms with Crippen LogP contribution in [0.1, 0.15) is 38.8 Å². The van der Waals surface area contributed by atoms with Crippen LogP contribution in [0.25, 0.3) is 6.08 Å². The number of hydrogen-bond acceptors (Lipinski definition) is 4. The molecular weight excluding hydrogens is 380 g/mol. The minimum atomic E-state index is 0.00497. The van der Waals surface area contributed by atoms with Crippen molar-refractivity contribution in [2.45, 2.75) is 34.1 Å². The van der Waals surface area contributed by atoms with Crippen LogP contribution in [0.3, 0.4) is 0 Å². The van der Waals surface area contributed by atoms with Gasteiger partial charge in [0.25, 0.3) is 5.91 Å². The van der Waals surface area contributed by atoms with Gasteiger partial charge in [-0.3, -0.25) is 9.69 Å². The zero-order valence-corrected chi connectivity index (χ0v) is 18.3. The SMILES string of the molecule is CCc1ccccc1N=C1S/C(=C/c2ccc(OCC(C)C)cc2)C(=O)N1CC. The first kappa shape index (κ1) is 21.2. The smallest absolute Gasteiger partial charge is 0.266 e. The average Bonchev–Trinajstić information content (AvgIpc) is 3.01. The quantitative estimate of drug-likeness (QED) is 0.535. The highest BCUT2D eigenvalue weighted by Gasteiger charge is 2.32. The van der Waals surface area contributed by atoms with Crippen LogP contribution in [-0.4, -0.2) is 29.1 Å². The summed E-state index contributed by atoms with van der Waals surface area (Å²) in [6.07, 6.45) is 2.84. The fourth-order valence-corrected chi connectivity index (χ4v) is 4.02. The molecule has 0 saturated carbocycles. The summed E-state index contributed by atoms with van der Waals surface area (Å²) >= 11 is 1.43. The van der Waals surface area contributed by atoms with Gasteiger partial charge >= 0.3 is 0 Å². The minimum absolute atomic E-state index is 0.00497. The van der Waals surface area contributed by atoms with Crippen molar-refractivity contribution in [1.29, 1.82) is 0 Å². The van der Waals surface area contributed by atoms with Gasteiger partial charge in [-0.15, -0.1) is 0 Å². The Kier molecular flexibility index (Phi) is 7.15. The summed E-state index contributed by atoms with van der Waals surface area (Å²) in [5.41, 5.74) is 3.08. The third kappa shape index (κ3) is 5.30. The van der Waals surface area contributed by atoms with Gasteiger partial charge in [-0.05, 0) is 66.4 Å². The van der Waals surface area contributed by atoms with E-state index in [4.69, 9.17) is 9.73 Å². The molecule has 1 aliphatic heterocycles. The number of amidine groups is 1. The molecule has 0 aromatic heterocycles. The molecule has 0 aliphatic carbocycles. The number of thioether (sulfide) groups is 1. The Morgan fingerprint density at radius 3 is 2.48 bits per heavy atom. The number of hydrogen-bond donors (Lipinski definition) is 0. The largest absolute Gasteiger partial charge is 0.493 e. The second-order valence-corrected chi connectivity index (χ2v) is 8.32. The van der Waals surface area contributed by atoms with Crippen molar-refractivity contribution in [1.82, 2.24) is 4.90 Å². The Bertz CT molecular complexity index is 917. The van der Waals surface area contributed by atoms with Gasteiger partial charge in [-0.1, -0.05) is 51.1 Å². The van der Waals surface area contributed by atoms with Gasteiger partial charge in [0.2, 0.25) is 0 Å². The summed E-state index contributed by atoms with van der Waals surface area (Å²) in [6.45, 7) is 9.63. The maximum atomic E-state index is 12.9. The Morgan fingerprint density at radius 1 is 1.10 bits per heavy atom. The Hall–Kier alpha value is -2.53. The number of carbonyl (C=O) groups excluding carboxylic acids is 1. The van der Waals surface area contributed by atoms with Gasteiger partial charge in [0.05, 0.1) is 17.2 Å². The lowest BCUT2D eigenvalue weighted by atomic mass is 10.1. The number of carbonyl (C=O) groups is 1. The van der Waals surface area contributed by atoms with Crippen LogP contribution in [0.2, 0.25) is 0 Å². The summed E-state index contributed by atoms with van der Waals surface area (Å²) in [6, 6.07) is 15.9. The van der Waals surface area contributed by atoms with E-state index in [0.29, 0.717) is 24.0 Å². The number of para-hydroxylation sites is 1. The molecule has 29 heavy (non-hydrogen) atoms. The van der Waals surface area contributed by atoms with Crippen LogP contribution in [0.5, 0.6) is 5.75 Å². The Balaban J connectivity index is 1.82. The Labute approximate surface area is 177 Å². The van der Waals surface area contributed by atoms with Crippen LogP contribution in [0.15, 0.2) is 58.4 Å². The molecule has 2 aromatic rings. The molecule has 2 aromatic carbocycles. The number of aryl methyl sites for hydroxylation is 1. The van der Waals surface area contributed by atoms with E-state index in [1.807, 2.05) is 55.5 Å². The normalized spacial score (nSPS) is 17.0. The number of nitrogens with zero attached hydrogens (tertiary/aromatic N) is 2. The first-order valence-electron chi connectivity index (χ1n) is 10.1. The molecule has 1 aliphatic rings. The molecule has 5 heteroatoms. The second-order valence-electron chi connectivity index (χ2n) is 7.31. The molecule has 0 radical (unpaired) electrons. The number of aliphatic imine (C=N–C) groups is 1. The molecule has 1 fully saturated rings. The van der Waals surface area contributed by atoms with E-state index in [2.05, 4.69) is 26.8 Å². The molecule has 0 bridgehead atoms. The number of ether oxygens (including phenoxy) is 1. The van der Waals surface area contributed by atoms with Crippen molar-refractivity contribution in [2.75, 3.05) is 13.2 Å². The van der Waals surface area contributed by atoms with Gasteiger partial charge in [0, 0.05) is 6.54 Å². The standard InChI is InChI=1S/C24H28N2O2S/c1-5-19-9-7-8-10-21(19)25-24-26(6-2)23(27)22(29-24)15-18-11-13-20(14-12-18)28-16-17(3)4/h7-15,17H,5-6,16H2,1-4H3/b22-15+,25-24?. The van der Waals surface area contributed by atoms with E-state index in [1.54, 1.807) is 4.90 Å².